The normalized spacial score (nSPS) is 18.2. The largest absolute Gasteiger partial charge is 0.462 e. The number of nitrogens with one attached hydrogen (secondary N) is 1. The van der Waals surface area contributed by atoms with Gasteiger partial charge in [-0.2, -0.15) is 0 Å². The third-order valence-corrected chi connectivity index (χ3v) is 5.82. The lowest BCUT2D eigenvalue weighted by molar-refractivity contribution is 0.240. The second-order valence-corrected chi connectivity index (χ2v) is 7.48. The van der Waals surface area contributed by atoms with E-state index in [2.05, 4.69) is 5.32 Å². The van der Waals surface area contributed by atoms with Crippen molar-refractivity contribution in [3.63, 3.8) is 0 Å². The monoisotopic (exact) mass is 316 g/mol. The molecule has 7 heteroatoms. The molecule has 2 heterocycles. The molecule has 0 unspecified atom stereocenters. The van der Waals surface area contributed by atoms with Gasteiger partial charge in [0, 0.05) is 19.1 Å². The Labute approximate surface area is 126 Å². The molecule has 120 valence electrons. The van der Waals surface area contributed by atoms with Gasteiger partial charge in [0.15, 0.2) is 0 Å². The SMILES string of the molecule is CCCS(=O)(=O)N1CCC(NCc2ccc(CO)o2)CC1. The van der Waals surface area contributed by atoms with E-state index in [1.165, 1.54) is 0 Å². The fourth-order valence-electron chi connectivity index (χ4n) is 2.57. The van der Waals surface area contributed by atoms with Crippen LogP contribution in [0.3, 0.4) is 0 Å². The van der Waals surface area contributed by atoms with Crippen LogP contribution in [0.2, 0.25) is 0 Å². The van der Waals surface area contributed by atoms with Crippen LogP contribution >= 0.6 is 0 Å². The first-order chi connectivity index (χ1) is 10.0. The quantitative estimate of drug-likeness (QED) is 0.786. The van der Waals surface area contributed by atoms with Gasteiger partial charge in [-0.3, -0.25) is 0 Å². The maximum Gasteiger partial charge on any atom is 0.214 e. The molecule has 1 aliphatic heterocycles. The molecular formula is C14H24N2O4S. The van der Waals surface area contributed by atoms with E-state index in [0.717, 1.165) is 18.6 Å². The van der Waals surface area contributed by atoms with Crippen molar-refractivity contribution in [1.29, 1.82) is 0 Å². The van der Waals surface area contributed by atoms with Crippen LogP contribution < -0.4 is 5.32 Å². The fraction of sp³-hybridized carbons (Fsp3) is 0.714. The molecule has 2 rings (SSSR count). The molecule has 0 atom stereocenters. The van der Waals surface area contributed by atoms with Crippen LogP contribution in [0.25, 0.3) is 0 Å². The first-order valence-corrected chi connectivity index (χ1v) is 9.05. The lowest BCUT2D eigenvalue weighted by atomic mass is 10.1. The third kappa shape index (κ3) is 4.54. The van der Waals surface area contributed by atoms with E-state index in [4.69, 9.17) is 9.52 Å². The van der Waals surface area contributed by atoms with Crippen molar-refractivity contribution in [3.8, 4) is 0 Å². The molecule has 1 aliphatic rings. The maximum absolute atomic E-state index is 12.0. The molecule has 0 bridgehead atoms. The number of furan rings is 1. The summed E-state index contributed by atoms with van der Waals surface area (Å²) in [4.78, 5) is 0. The molecule has 0 spiro atoms. The Bertz CT molecular complexity index is 533. The highest BCUT2D eigenvalue weighted by Gasteiger charge is 2.27. The predicted octanol–water partition coefficient (Wildman–Crippen LogP) is 1.07. The summed E-state index contributed by atoms with van der Waals surface area (Å²) in [5, 5.41) is 12.3. The number of rotatable bonds is 7. The van der Waals surface area contributed by atoms with E-state index in [9.17, 15) is 8.42 Å². The molecule has 1 fully saturated rings. The number of aliphatic hydroxyl groups excluding tert-OH is 1. The van der Waals surface area contributed by atoms with Gasteiger partial charge in [0.05, 0.1) is 12.3 Å². The van der Waals surface area contributed by atoms with Gasteiger partial charge < -0.3 is 14.8 Å². The number of hydrogen-bond acceptors (Lipinski definition) is 5. The van der Waals surface area contributed by atoms with Crippen LogP contribution in [0.5, 0.6) is 0 Å². The Morgan fingerprint density at radius 2 is 2.00 bits per heavy atom. The zero-order chi connectivity index (χ0) is 15.3. The zero-order valence-electron chi connectivity index (χ0n) is 12.4. The molecule has 1 aromatic rings. The molecule has 21 heavy (non-hydrogen) atoms. The molecule has 0 saturated carbocycles. The van der Waals surface area contributed by atoms with Gasteiger partial charge in [0.25, 0.3) is 0 Å². The number of piperidine rings is 1. The standard InChI is InChI=1S/C14H24N2O4S/c1-2-9-21(18,19)16-7-5-12(6-8-16)15-10-13-3-4-14(11-17)20-13/h3-4,12,15,17H,2,5-11H2,1H3. The van der Waals surface area contributed by atoms with Gasteiger partial charge >= 0.3 is 0 Å². The minimum Gasteiger partial charge on any atom is -0.462 e. The molecule has 1 aromatic heterocycles. The first kappa shape index (κ1) is 16.5. The van der Waals surface area contributed by atoms with Crippen molar-refractivity contribution >= 4 is 10.0 Å². The third-order valence-electron chi connectivity index (χ3n) is 3.75. The number of aliphatic hydroxyl groups is 1. The average Bonchev–Trinajstić information content (AvgIpc) is 2.93. The summed E-state index contributed by atoms with van der Waals surface area (Å²) in [6.07, 6.45) is 2.29. The van der Waals surface area contributed by atoms with Crippen molar-refractivity contribution in [2.24, 2.45) is 0 Å². The summed E-state index contributed by atoms with van der Waals surface area (Å²) in [6, 6.07) is 3.91. The van der Waals surface area contributed by atoms with Gasteiger partial charge in [0.1, 0.15) is 18.1 Å². The molecule has 0 aliphatic carbocycles. The Balaban J connectivity index is 1.76. The highest BCUT2D eigenvalue weighted by molar-refractivity contribution is 7.89. The molecule has 2 N–H and O–H groups in total. The van der Waals surface area contributed by atoms with E-state index < -0.39 is 10.0 Å². The zero-order valence-corrected chi connectivity index (χ0v) is 13.2. The smallest absolute Gasteiger partial charge is 0.214 e. The van der Waals surface area contributed by atoms with Crippen molar-refractivity contribution in [2.75, 3.05) is 18.8 Å². The summed E-state index contributed by atoms with van der Waals surface area (Å²) < 4.78 is 31.0. The molecular weight excluding hydrogens is 292 g/mol. The number of hydrogen-bond donors (Lipinski definition) is 2. The average molecular weight is 316 g/mol. The van der Waals surface area contributed by atoms with E-state index in [1.54, 1.807) is 10.4 Å². The van der Waals surface area contributed by atoms with Gasteiger partial charge in [-0.15, -0.1) is 0 Å². The predicted molar refractivity (Wildman–Crippen MR) is 80.1 cm³/mol. The van der Waals surface area contributed by atoms with Crippen molar-refractivity contribution in [1.82, 2.24) is 9.62 Å². The Hall–Kier alpha value is -0.890. The summed E-state index contributed by atoms with van der Waals surface area (Å²) in [6.45, 7) is 3.57. The first-order valence-electron chi connectivity index (χ1n) is 7.45. The van der Waals surface area contributed by atoms with Gasteiger partial charge in [-0.25, -0.2) is 12.7 Å². The molecule has 0 amide bonds. The summed E-state index contributed by atoms with van der Waals surface area (Å²) in [5.74, 6) is 1.59. The Morgan fingerprint density at radius 1 is 1.33 bits per heavy atom. The van der Waals surface area contributed by atoms with Crippen molar-refractivity contribution < 1.29 is 17.9 Å². The molecule has 6 nitrogen and oxygen atoms in total. The van der Waals surface area contributed by atoms with E-state index in [0.29, 0.717) is 37.9 Å². The van der Waals surface area contributed by atoms with E-state index in [-0.39, 0.29) is 12.4 Å². The van der Waals surface area contributed by atoms with Crippen LogP contribution in [0.4, 0.5) is 0 Å². The van der Waals surface area contributed by atoms with Crippen LogP contribution in [0.1, 0.15) is 37.7 Å². The summed E-state index contributed by atoms with van der Waals surface area (Å²) in [7, 11) is -3.06. The Morgan fingerprint density at radius 3 is 2.57 bits per heavy atom. The molecule has 1 saturated heterocycles. The highest BCUT2D eigenvalue weighted by atomic mass is 32.2. The number of sulfonamides is 1. The second-order valence-electron chi connectivity index (χ2n) is 5.40. The van der Waals surface area contributed by atoms with Gasteiger partial charge in [-0.05, 0) is 31.4 Å². The minimum absolute atomic E-state index is 0.0896. The molecule has 0 radical (unpaired) electrons. The van der Waals surface area contributed by atoms with E-state index >= 15 is 0 Å². The fourth-order valence-corrected chi connectivity index (χ4v) is 4.11. The molecule has 0 aromatic carbocycles. The highest BCUT2D eigenvalue weighted by Crippen LogP contribution is 2.16. The van der Waals surface area contributed by atoms with Crippen LogP contribution in [-0.2, 0) is 23.2 Å². The maximum atomic E-state index is 12.0. The van der Waals surface area contributed by atoms with Crippen LogP contribution in [0, 0.1) is 0 Å². The number of nitrogens with zero attached hydrogens (tertiary/aromatic N) is 1. The lowest BCUT2D eigenvalue weighted by Gasteiger charge is -2.31. The minimum atomic E-state index is -3.06. The van der Waals surface area contributed by atoms with Crippen LogP contribution in [0.15, 0.2) is 16.5 Å². The topological polar surface area (TPSA) is 82.8 Å². The van der Waals surface area contributed by atoms with Gasteiger partial charge in [0.2, 0.25) is 10.0 Å². The van der Waals surface area contributed by atoms with Gasteiger partial charge in [-0.1, -0.05) is 6.92 Å². The van der Waals surface area contributed by atoms with Crippen molar-refractivity contribution in [2.45, 2.75) is 45.4 Å². The van der Waals surface area contributed by atoms with Crippen LogP contribution in [-0.4, -0.2) is 42.7 Å². The second kappa shape index (κ2) is 7.40. The summed E-state index contributed by atoms with van der Waals surface area (Å²) >= 11 is 0. The summed E-state index contributed by atoms with van der Waals surface area (Å²) in [5.41, 5.74) is 0. The lowest BCUT2D eigenvalue weighted by Crippen LogP contribution is -2.45. The Kier molecular flexibility index (Phi) is 5.80. The van der Waals surface area contributed by atoms with E-state index in [1.807, 2.05) is 13.0 Å². The van der Waals surface area contributed by atoms with Crippen molar-refractivity contribution in [3.05, 3.63) is 23.7 Å².